The molecule has 4 rings (SSSR count). The second-order valence-corrected chi connectivity index (χ2v) is 10.2. The maximum absolute atomic E-state index is 13.3. The van der Waals surface area contributed by atoms with Gasteiger partial charge in [0.2, 0.25) is 5.91 Å². The summed E-state index contributed by atoms with van der Waals surface area (Å²) in [7, 11) is 3.59. The average Bonchev–Trinajstić information content (AvgIpc) is 2.78. The molecule has 6 atom stereocenters. The van der Waals surface area contributed by atoms with Crippen molar-refractivity contribution >= 4 is 16.8 Å². The van der Waals surface area contributed by atoms with Crippen LogP contribution in [0.1, 0.15) is 69.5 Å². The Kier molecular flexibility index (Phi) is 6.70. The Bertz CT molecular complexity index is 1050. The first-order valence-electron chi connectivity index (χ1n) is 12.1. The van der Waals surface area contributed by atoms with E-state index in [0.717, 1.165) is 60.7 Å². The lowest BCUT2D eigenvalue weighted by Crippen LogP contribution is -2.45. The zero-order valence-electron chi connectivity index (χ0n) is 20.1. The normalized spacial score (nSPS) is 30.9. The largest absolute Gasteiger partial charge is 0.381 e. The molecule has 6 unspecified atom stereocenters. The zero-order valence-corrected chi connectivity index (χ0v) is 20.1. The van der Waals surface area contributed by atoms with Crippen LogP contribution in [0, 0.1) is 24.7 Å². The van der Waals surface area contributed by atoms with Gasteiger partial charge in [-0.1, -0.05) is 13.8 Å². The fourth-order valence-electron chi connectivity index (χ4n) is 5.81. The first-order valence-corrected chi connectivity index (χ1v) is 12.1. The van der Waals surface area contributed by atoms with E-state index in [9.17, 15) is 9.59 Å². The number of pyridine rings is 2. The molecule has 2 fully saturated rings. The van der Waals surface area contributed by atoms with E-state index in [1.807, 2.05) is 32.3 Å². The number of nitrogens with zero attached hydrogens (tertiary/aromatic N) is 2. The van der Waals surface area contributed by atoms with Crippen molar-refractivity contribution in [2.24, 2.45) is 24.8 Å². The highest BCUT2D eigenvalue weighted by atomic mass is 16.5. The highest BCUT2D eigenvalue weighted by molar-refractivity contribution is 5.80. The summed E-state index contributed by atoms with van der Waals surface area (Å²) < 4.78 is 7.36. The van der Waals surface area contributed by atoms with E-state index in [0.29, 0.717) is 11.8 Å². The maximum atomic E-state index is 13.3. The van der Waals surface area contributed by atoms with Crippen molar-refractivity contribution in [2.75, 3.05) is 7.11 Å². The minimum absolute atomic E-state index is 0.0248. The number of nitrogens with one attached hydrogen (secondary N) is 1. The summed E-state index contributed by atoms with van der Waals surface area (Å²) in [6.07, 6.45) is 7.56. The van der Waals surface area contributed by atoms with Gasteiger partial charge in [0.25, 0.3) is 5.56 Å². The Labute approximate surface area is 190 Å². The molecule has 174 valence electrons. The van der Waals surface area contributed by atoms with Gasteiger partial charge in [-0.15, -0.1) is 0 Å². The third-order valence-corrected chi connectivity index (χ3v) is 8.01. The maximum Gasteiger partial charge on any atom is 0.254 e. The Balaban J connectivity index is 1.52. The topological polar surface area (TPSA) is 73.2 Å². The molecule has 2 aliphatic carbocycles. The molecule has 0 radical (unpaired) electrons. The lowest BCUT2D eigenvalue weighted by atomic mass is 9.74. The summed E-state index contributed by atoms with van der Waals surface area (Å²) in [5, 5.41) is 4.32. The molecule has 1 amide bonds. The minimum Gasteiger partial charge on any atom is -0.381 e. The van der Waals surface area contributed by atoms with Crippen molar-refractivity contribution in [3.63, 3.8) is 0 Å². The second-order valence-electron chi connectivity index (χ2n) is 10.2. The summed E-state index contributed by atoms with van der Waals surface area (Å²) >= 11 is 0. The highest BCUT2D eigenvalue weighted by Gasteiger charge is 2.35. The first kappa shape index (κ1) is 23.0. The molecular formula is C26H37N3O3. The molecule has 6 heteroatoms. The predicted octanol–water partition coefficient (Wildman–Crippen LogP) is 4.08. The molecule has 2 aliphatic rings. The molecule has 2 heterocycles. The number of methoxy groups -OCH3 is 1. The molecule has 0 spiro atoms. The number of amides is 1. The molecule has 1 N–H and O–H groups in total. The number of rotatable bonds is 4. The van der Waals surface area contributed by atoms with Gasteiger partial charge >= 0.3 is 0 Å². The standard InChI is InChI=1S/C26H37N3O3/c1-15-7-9-20(28-25(30)18-8-6-16(2)24(12-18)32-5)13-21(15)22-11-19-14-27-17(3)10-23(19)29(4)26(22)31/h10-11,14-16,18,20-21,24H,6-9,12-13H2,1-5H3,(H,28,30). The van der Waals surface area contributed by atoms with Gasteiger partial charge in [-0.3, -0.25) is 14.6 Å². The van der Waals surface area contributed by atoms with E-state index in [1.54, 1.807) is 11.7 Å². The van der Waals surface area contributed by atoms with Crippen LogP contribution < -0.4 is 10.9 Å². The molecule has 2 aromatic heterocycles. The Hall–Kier alpha value is -2.21. The number of carbonyl (C=O) groups excluding carboxylic acids is 1. The quantitative estimate of drug-likeness (QED) is 0.779. The molecule has 0 bridgehead atoms. The SMILES string of the molecule is COC1CC(C(=O)NC2CCC(C)C(c3cc4cnc(C)cc4n(C)c3=O)C2)CCC1C. The summed E-state index contributed by atoms with van der Waals surface area (Å²) in [5.74, 6) is 1.23. The molecule has 0 aliphatic heterocycles. The van der Waals surface area contributed by atoms with Crippen LogP contribution in [0.4, 0.5) is 0 Å². The fourth-order valence-corrected chi connectivity index (χ4v) is 5.81. The van der Waals surface area contributed by atoms with E-state index < -0.39 is 0 Å². The van der Waals surface area contributed by atoms with Gasteiger partial charge in [0.05, 0.1) is 11.6 Å². The second kappa shape index (κ2) is 9.34. The van der Waals surface area contributed by atoms with Crippen molar-refractivity contribution in [1.82, 2.24) is 14.9 Å². The van der Waals surface area contributed by atoms with Crippen molar-refractivity contribution < 1.29 is 9.53 Å². The van der Waals surface area contributed by atoms with Crippen LogP contribution in [0.5, 0.6) is 0 Å². The van der Waals surface area contributed by atoms with Crippen LogP contribution in [0.25, 0.3) is 10.9 Å². The third kappa shape index (κ3) is 4.47. The molecule has 6 nitrogen and oxygen atoms in total. The summed E-state index contributed by atoms with van der Waals surface area (Å²) in [4.78, 5) is 30.7. The van der Waals surface area contributed by atoms with Gasteiger partial charge < -0.3 is 14.6 Å². The number of hydrogen-bond acceptors (Lipinski definition) is 4. The van der Waals surface area contributed by atoms with Gasteiger partial charge in [0.15, 0.2) is 0 Å². The Morgan fingerprint density at radius 2 is 1.88 bits per heavy atom. The molecule has 0 aromatic carbocycles. The van der Waals surface area contributed by atoms with Gasteiger partial charge in [-0.25, -0.2) is 0 Å². The van der Waals surface area contributed by atoms with Crippen molar-refractivity contribution in [1.29, 1.82) is 0 Å². The van der Waals surface area contributed by atoms with Crippen LogP contribution in [0.15, 0.2) is 23.1 Å². The van der Waals surface area contributed by atoms with E-state index in [2.05, 4.69) is 24.1 Å². The van der Waals surface area contributed by atoms with E-state index >= 15 is 0 Å². The van der Waals surface area contributed by atoms with Crippen LogP contribution >= 0.6 is 0 Å². The first-order chi connectivity index (χ1) is 15.3. The molecule has 0 saturated heterocycles. The van der Waals surface area contributed by atoms with Crippen LogP contribution in [0.3, 0.4) is 0 Å². The van der Waals surface area contributed by atoms with E-state index in [-0.39, 0.29) is 35.4 Å². The number of carbonyl (C=O) groups is 1. The Morgan fingerprint density at radius 1 is 1.12 bits per heavy atom. The summed E-state index contributed by atoms with van der Waals surface area (Å²) in [6.45, 7) is 6.37. The lowest BCUT2D eigenvalue weighted by molar-refractivity contribution is -0.129. The predicted molar refractivity (Wildman–Crippen MR) is 127 cm³/mol. The van der Waals surface area contributed by atoms with Crippen LogP contribution in [0.2, 0.25) is 0 Å². The number of hydrogen-bond donors (Lipinski definition) is 1. The molecule has 2 saturated carbocycles. The van der Waals surface area contributed by atoms with Gasteiger partial charge in [-0.2, -0.15) is 0 Å². The summed E-state index contributed by atoms with van der Waals surface area (Å²) in [6, 6.07) is 4.11. The van der Waals surface area contributed by atoms with Crippen molar-refractivity contribution in [2.45, 2.75) is 77.4 Å². The number of aromatic nitrogens is 2. The number of ether oxygens (including phenoxy) is 1. The number of aryl methyl sites for hydroxylation is 2. The Morgan fingerprint density at radius 3 is 2.62 bits per heavy atom. The fraction of sp³-hybridized carbons (Fsp3) is 0.654. The van der Waals surface area contributed by atoms with Gasteiger partial charge in [0.1, 0.15) is 0 Å². The smallest absolute Gasteiger partial charge is 0.254 e. The molecule has 32 heavy (non-hydrogen) atoms. The average molecular weight is 440 g/mol. The van der Waals surface area contributed by atoms with Crippen molar-refractivity contribution in [3.05, 3.63) is 39.9 Å². The van der Waals surface area contributed by atoms with Gasteiger partial charge in [-0.05, 0) is 75.3 Å². The molecule has 2 aromatic rings. The molecular weight excluding hydrogens is 402 g/mol. The van der Waals surface area contributed by atoms with E-state index in [1.165, 1.54) is 0 Å². The minimum atomic E-state index is 0.0248. The lowest BCUT2D eigenvalue weighted by Gasteiger charge is -2.37. The third-order valence-electron chi connectivity index (χ3n) is 8.01. The van der Waals surface area contributed by atoms with Gasteiger partial charge in [0, 0.05) is 49.0 Å². The number of fused-ring (bicyclic) bond motifs is 1. The summed E-state index contributed by atoms with van der Waals surface area (Å²) in [5.41, 5.74) is 2.74. The monoisotopic (exact) mass is 439 g/mol. The van der Waals surface area contributed by atoms with Crippen LogP contribution in [-0.2, 0) is 16.6 Å². The van der Waals surface area contributed by atoms with E-state index in [4.69, 9.17) is 4.74 Å². The van der Waals surface area contributed by atoms with Crippen molar-refractivity contribution in [3.8, 4) is 0 Å². The highest BCUT2D eigenvalue weighted by Crippen LogP contribution is 2.38. The van der Waals surface area contributed by atoms with Crippen LogP contribution in [-0.4, -0.2) is 34.7 Å². The zero-order chi connectivity index (χ0) is 23.0.